The molecular formula is C18H24N2O3S. The van der Waals surface area contributed by atoms with Crippen LogP contribution in [-0.4, -0.2) is 59.2 Å². The predicted octanol–water partition coefficient (Wildman–Crippen LogP) is 2.22. The fraction of sp³-hybridized carbons (Fsp3) is 0.667. The molecule has 4 heterocycles. The fourth-order valence-corrected chi connectivity index (χ4v) is 5.06. The van der Waals surface area contributed by atoms with Crippen LogP contribution in [0.2, 0.25) is 0 Å². The monoisotopic (exact) mass is 348 g/mol. The van der Waals surface area contributed by atoms with Crippen LogP contribution < -0.4 is 4.74 Å². The highest BCUT2D eigenvalue weighted by atomic mass is 32.2. The number of thioether (sulfide) groups is 1. The Morgan fingerprint density at radius 1 is 1.38 bits per heavy atom. The summed E-state index contributed by atoms with van der Waals surface area (Å²) in [6.07, 6.45) is 6.54. The minimum absolute atomic E-state index is 0.179. The van der Waals surface area contributed by atoms with Gasteiger partial charge < -0.3 is 14.4 Å². The van der Waals surface area contributed by atoms with Gasteiger partial charge in [0.25, 0.3) is 0 Å². The molecule has 0 aliphatic carbocycles. The highest BCUT2D eigenvalue weighted by Crippen LogP contribution is 2.41. The lowest BCUT2D eigenvalue weighted by Gasteiger charge is -2.51. The van der Waals surface area contributed by atoms with Crippen molar-refractivity contribution < 1.29 is 14.3 Å². The molecule has 1 aromatic heterocycles. The first-order valence-electron chi connectivity index (χ1n) is 8.80. The normalized spacial score (nSPS) is 26.3. The minimum Gasteiger partial charge on any atom is -0.492 e. The number of nitrogens with zero attached hydrogens (tertiary/aromatic N) is 2. The van der Waals surface area contributed by atoms with Crippen LogP contribution >= 0.6 is 11.8 Å². The number of hydrogen-bond donors (Lipinski definition) is 0. The van der Waals surface area contributed by atoms with Crippen molar-refractivity contribution in [2.24, 2.45) is 11.8 Å². The van der Waals surface area contributed by atoms with Crippen molar-refractivity contribution in [3.8, 4) is 5.75 Å². The van der Waals surface area contributed by atoms with E-state index in [9.17, 15) is 4.79 Å². The van der Waals surface area contributed by atoms with E-state index in [1.165, 1.54) is 0 Å². The Hall–Kier alpha value is -1.27. The predicted molar refractivity (Wildman–Crippen MR) is 93.2 cm³/mol. The van der Waals surface area contributed by atoms with Gasteiger partial charge >= 0.3 is 0 Å². The van der Waals surface area contributed by atoms with Crippen molar-refractivity contribution in [2.75, 3.05) is 37.8 Å². The second-order valence-electron chi connectivity index (χ2n) is 6.98. The molecule has 1 aromatic rings. The minimum atomic E-state index is -0.179. The number of pyridine rings is 1. The maximum Gasteiger partial charge on any atom is 0.225 e. The van der Waals surface area contributed by atoms with Gasteiger partial charge in [-0.15, -0.1) is 0 Å². The van der Waals surface area contributed by atoms with Crippen molar-refractivity contribution in [3.63, 3.8) is 0 Å². The molecule has 3 fully saturated rings. The Balaban J connectivity index is 1.31. The van der Waals surface area contributed by atoms with Crippen molar-refractivity contribution in [2.45, 2.75) is 24.9 Å². The molecule has 1 amide bonds. The maximum atomic E-state index is 12.6. The number of likely N-dealkylation sites (tertiary alicyclic amines) is 1. The standard InChI is InChI=1S/C18H24N2O3S/c21-17(14-4-8-24-9-5-14)20-12-18(13-20)15(3-7-23-18)11-22-16-2-1-6-19-10-16/h1-2,6,10,14-15H,3-5,7-9,11-13H2/t15-/m0/s1. The van der Waals surface area contributed by atoms with Crippen LogP contribution in [0.25, 0.3) is 0 Å². The lowest BCUT2D eigenvalue weighted by atomic mass is 9.80. The number of aromatic nitrogens is 1. The van der Waals surface area contributed by atoms with Crippen LogP contribution in [0, 0.1) is 11.8 Å². The summed E-state index contributed by atoms with van der Waals surface area (Å²) in [5.41, 5.74) is -0.179. The van der Waals surface area contributed by atoms with Crippen molar-refractivity contribution in [1.82, 2.24) is 9.88 Å². The Kier molecular flexibility index (Phi) is 4.68. The topological polar surface area (TPSA) is 51.7 Å². The molecule has 24 heavy (non-hydrogen) atoms. The largest absolute Gasteiger partial charge is 0.492 e. The van der Waals surface area contributed by atoms with E-state index < -0.39 is 0 Å². The average molecular weight is 348 g/mol. The smallest absolute Gasteiger partial charge is 0.225 e. The molecule has 3 saturated heterocycles. The van der Waals surface area contributed by atoms with E-state index in [0.717, 1.165) is 56.2 Å². The van der Waals surface area contributed by atoms with Gasteiger partial charge in [-0.25, -0.2) is 0 Å². The third kappa shape index (κ3) is 3.14. The second kappa shape index (κ2) is 6.92. The lowest BCUT2D eigenvalue weighted by molar-refractivity contribution is -0.170. The highest BCUT2D eigenvalue weighted by molar-refractivity contribution is 7.99. The van der Waals surface area contributed by atoms with E-state index in [1.807, 2.05) is 28.8 Å². The zero-order chi connectivity index (χ0) is 16.4. The summed E-state index contributed by atoms with van der Waals surface area (Å²) >= 11 is 1.96. The zero-order valence-corrected chi connectivity index (χ0v) is 14.7. The van der Waals surface area contributed by atoms with E-state index in [4.69, 9.17) is 9.47 Å². The molecule has 4 rings (SSSR count). The number of carbonyl (C=O) groups excluding carboxylic acids is 1. The zero-order valence-electron chi connectivity index (χ0n) is 13.9. The summed E-state index contributed by atoms with van der Waals surface area (Å²) in [6, 6.07) is 3.80. The van der Waals surface area contributed by atoms with E-state index >= 15 is 0 Å². The summed E-state index contributed by atoms with van der Waals surface area (Å²) in [7, 11) is 0. The van der Waals surface area contributed by atoms with Gasteiger partial charge in [0.05, 0.1) is 25.9 Å². The molecular weight excluding hydrogens is 324 g/mol. The van der Waals surface area contributed by atoms with E-state index in [0.29, 0.717) is 18.4 Å². The number of amides is 1. The molecule has 0 N–H and O–H groups in total. The highest BCUT2D eigenvalue weighted by Gasteiger charge is 2.55. The molecule has 0 radical (unpaired) electrons. The second-order valence-corrected chi connectivity index (χ2v) is 8.20. The van der Waals surface area contributed by atoms with E-state index in [2.05, 4.69) is 4.98 Å². The van der Waals surface area contributed by atoms with Crippen LogP contribution in [0.1, 0.15) is 19.3 Å². The third-order valence-corrected chi connectivity index (χ3v) is 6.53. The molecule has 1 spiro atoms. The average Bonchev–Trinajstić information content (AvgIpc) is 3.04. The molecule has 0 unspecified atom stereocenters. The van der Waals surface area contributed by atoms with E-state index in [-0.39, 0.29) is 11.5 Å². The Morgan fingerprint density at radius 3 is 2.96 bits per heavy atom. The van der Waals surface area contributed by atoms with Gasteiger partial charge in [0.2, 0.25) is 5.91 Å². The molecule has 0 aromatic carbocycles. The van der Waals surface area contributed by atoms with Gasteiger partial charge in [-0.3, -0.25) is 9.78 Å². The van der Waals surface area contributed by atoms with Gasteiger partial charge in [0.1, 0.15) is 11.4 Å². The molecule has 6 heteroatoms. The van der Waals surface area contributed by atoms with Gasteiger partial charge in [-0.1, -0.05) is 0 Å². The lowest BCUT2D eigenvalue weighted by Crippen LogP contribution is -2.67. The van der Waals surface area contributed by atoms with Crippen molar-refractivity contribution in [3.05, 3.63) is 24.5 Å². The van der Waals surface area contributed by atoms with Gasteiger partial charge in [0, 0.05) is 24.6 Å². The Labute approximate surface area is 147 Å². The molecule has 1 atom stereocenters. The number of ether oxygens (including phenoxy) is 2. The molecule has 0 saturated carbocycles. The first kappa shape index (κ1) is 16.2. The van der Waals surface area contributed by atoms with Crippen LogP contribution in [0.5, 0.6) is 5.75 Å². The van der Waals surface area contributed by atoms with Crippen LogP contribution in [0.15, 0.2) is 24.5 Å². The third-order valence-electron chi connectivity index (χ3n) is 5.48. The summed E-state index contributed by atoms with van der Waals surface area (Å²) in [5.74, 6) is 3.95. The van der Waals surface area contributed by atoms with Crippen molar-refractivity contribution in [1.29, 1.82) is 0 Å². The number of carbonyl (C=O) groups is 1. The van der Waals surface area contributed by atoms with Gasteiger partial charge in [-0.2, -0.15) is 11.8 Å². The van der Waals surface area contributed by atoms with Crippen LogP contribution in [-0.2, 0) is 9.53 Å². The van der Waals surface area contributed by atoms with Crippen LogP contribution in [0.4, 0.5) is 0 Å². The first-order chi connectivity index (χ1) is 11.8. The van der Waals surface area contributed by atoms with Gasteiger partial charge in [0.15, 0.2) is 0 Å². The molecule has 3 aliphatic heterocycles. The Bertz CT molecular complexity index is 571. The van der Waals surface area contributed by atoms with E-state index in [1.54, 1.807) is 12.4 Å². The summed E-state index contributed by atoms with van der Waals surface area (Å²) in [4.78, 5) is 18.7. The fourth-order valence-electron chi connectivity index (χ4n) is 3.96. The van der Waals surface area contributed by atoms with Gasteiger partial charge in [-0.05, 0) is 42.9 Å². The summed E-state index contributed by atoms with van der Waals surface area (Å²) in [5, 5.41) is 0. The summed E-state index contributed by atoms with van der Waals surface area (Å²) < 4.78 is 11.9. The van der Waals surface area contributed by atoms with Crippen LogP contribution in [0.3, 0.4) is 0 Å². The maximum absolute atomic E-state index is 12.6. The molecule has 130 valence electrons. The molecule has 3 aliphatic rings. The number of hydrogen-bond acceptors (Lipinski definition) is 5. The first-order valence-corrected chi connectivity index (χ1v) is 9.96. The van der Waals surface area contributed by atoms with Crippen molar-refractivity contribution >= 4 is 17.7 Å². The summed E-state index contributed by atoms with van der Waals surface area (Å²) in [6.45, 7) is 2.87. The number of rotatable bonds is 4. The Morgan fingerprint density at radius 2 is 2.21 bits per heavy atom. The molecule has 5 nitrogen and oxygen atoms in total. The quantitative estimate of drug-likeness (QED) is 0.835. The molecule has 0 bridgehead atoms. The SMILES string of the molecule is O=C(C1CCSCC1)N1CC2(C1)OCC[C@H]2COc1cccnc1.